The zero-order valence-electron chi connectivity index (χ0n) is 8.53. The fourth-order valence-corrected chi connectivity index (χ4v) is 1.49. The molecule has 0 aromatic heterocycles. The molecule has 0 saturated carbocycles. The molecule has 1 atom stereocenters. The predicted octanol–water partition coefficient (Wildman–Crippen LogP) is 2.12. The summed E-state index contributed by atoms with van der Waals surface area (Å²) >= 11 is 3.25. The number of nitriles is 1. The Kier molecular flexibility index (Phi) is 4.20. The van der Waals surface area contributed by atoms with Gasteiger partial charge in [-0.3, -0.25) is 9.59 Å². The number of ketones is 1. The summed E-state index contributed by atoms with van der Waals surface area (Å²) in [7, 11) is 0. The standard InChI is InChI=1S/C11H9BrN2O2/c1-7(15)8(6-13)11(16)14-10-5-3-2-4-9(10)12/h2-5,8H,1H3,(H,14,16). The Bertz CT molecular complexity index is 465. The quantitative estimate of drug-likeness (QED) is 0.863. The smallest absolute Gasteiger partial charge is 0.249 e. The summed E-state index contributed by atoms with van der Waals surface area (Å²) in [6, 6.07) is 8.64. The highest BCUT2D eigenvalue weighted by atomic mass is 79.9. The van der Waals surface area contributed by atoms with Crippen LogP contribution in [0.15, 0.2) is 28.7 Å². The maximum atomic E-state index is 11.6. The average molecular weight is 281 g/mol. The molecule has 0 heterocycles. The van der Waals surface area contributed by atoms with E-state index in [4.69, 9.17) is 5.26 Å². The van der Waals surface area contributed by atoms with Gasteiger partial charge in [0, 0.05) is 4.47 Å². The van der Waals surface area contributed by atoms with E-state index in [-0.39, 0.29) is 0 Å². The van der Waals surface area contributed by atoms with Gasteiger partial charge in [-0.2, -0.15) is 5.26 Å². The van der Waals surface area contributed by atoms with E-state index >= 15 is 0 Å². The molecule has 0 aliphatic rings. The van der Waals surface area contributed by atoms with E-state index in [2.05, 4.69) is 21.2 Å². The largest absolute Gasteiger partial charge is 0.324 e. The molecule has 0 saturated heterocycles. The number of halogens is 1. The third-order valence-electron chi connectivity index (χ3n) is 1.93. The van der Waals surface area contributed by atoms with E-state index in [0.717, 1.165) is 0 Å². The Balaban J connectivity index is 2.84. The number of hydrogen-bond acceptors (Lipinski definition) is 3. The third kappa shape index (κ3) is 2.91. The summed E-state index contributed by atoms with van der Waals surface area (Å²) in [5.74, 6) is -2.33. The second-order valence-corrected chi connectivity index (χ2v) is 4.00. The second kappa shape index (κ2) is 5.42. The van der Waals surface area contributed by atoms with Crippen LogP contribution in [-0.2, 0) is 9.59 Å². The molecule has 82 valence electrons. The zero-order chi connectivity index (χ0) is 12.1. The highest BCUT2D eigenvalue weighted by molar-refractivity contribution is 9.10. The first kappa shape index (κ1) is 12.4. The zero-order valence-corrected chi connectivity index (χ0v) is 10.1. The van der Waals surface area contributed by atoms with Crippen molar-refractivity contribution in [3.8, 4) is 6.07 Å². The molecule has 0 aliphatic carbocycles. The minimum atomic E-state index is -1.26. The van der Waals surface area contributed by atoms with Gasteiger partial charge in [-0.1, -0.05) is 12.1 Å². The Morgan fingerprint density at radius 3 is 2.56 bits per heavy atom. The molecule has 0 fully saturated rings. The first-order valence-electron chi connectivity index (χ1n) is 4.51. The van der Waals surface area contributed by atoms with Crippen LogP contribution in [0.3, 0.4) is 0 Å². The van der Waals surface area contributed by atoms with Crippen molar-refractivity contribution in [3.63, 3.8) is 0 Å². The number of amides is 1. The number of Topliss-reactive ketones (excluding diaryl/α,β-unsaturated/α-hetero) is 1. The van der Waals surface area contributed by atoms with Crippen LogP contribution in [0.1, 0.15) is 6.92 Å². The monoisotopic (exact) mass is 280 g/mol. The fourth-order valence-electron chi connectivity index (χ4n) is 1.10. The molecule has 1 aromatic carbocycles. The lowest BCUT2D eigenvalue weighted by Gasteiger charge is -2.08. The molecule has 4 nitrogen and oxygen atoms in total. The third-order valence-corrected chi connectivity index (χ3v) is 2.62. The molecule has 1 amide bonds. The van der Waals surface area contributed by atoms with Crippen LogP contribution in [0.4, 0.5) is 5.69 Å². The van der Waals surface area contributed by atoms with Gasteiger partial charge in [0.15, 0.2) is 11.7 Å². The van der Waals surface area contributed by atoms with Gasteiger partial charge in [-0.15, -0.1) is 0 Å². The van der Waals surface area contributed by atoms with Crippen molar-refractivity contribution in [1.82, 2.24) is 0 Å². The number of nitrogens with zero attached hydrogens (tertiary/aromatic N) is 1. The van der Waals surface area contributed by atoms with Gasteiger partial charge < -0.3 is 5.32 Å². The molecule has 1 aromatic rings. The van der Waals surface area contributed by atoms with Crippen LogP contribution in [0.25, 0.3) is 0 Å². The molecule has 0 aliphatic heterocycles. The van der Waals surface area contributed by atoms with E-state index in [1.165, 1.54) is 6.92 Å². The second-order valence-electron chi connectivity index (χ2n) is 3.14. The Morgan fingerprint density at radius 2 is 2.06 bits per heavy atom. The summed E-state index contributed by atoms with van der Waals surface area (Å²) in [6.45, 7) is 1.22. The number of carbonyl (C=O) groups excluding carboxylic acids is 2. The minimum absolute atomic E-state index is 0.466. The van der Waals surface area contributed by atoms with Crippen molar-refractivity contribution in [2.75, 3.05) is 5.32 Å². The Hall–Kier alpha value is -1.67. The van der Waals surface area contributed by atoms with Crippen LogP contribution in [0.5, 0.6) is 0 Å². The number of nitrogens with one attached hydrogen (secondary N) is 1. The molecule has 16 heavy (non-hydrogen) atoms. The summed E-state index contributed by atoms with van der Waals surface area (Å²) in [5.41, 5.74) is 0.536. The molecule has 0 bridgehead atoms. The fraction of sp³-hybridized carbons (Fsp3) is 0.182. The summed E-state index contributed by atoms with van der Waals surface area (Å²) in [6.07, 6.45) is 0. The number of hydrogen-bond donors (Lipinski definition) is 1. The van der Waals surface area contributed by atoms with Crippen molar-refractivity contribution in [1.29, 1.82) is 5.26 Å². The lowest BCUT2D eigenvalue weighted by Crippen LogP contribution is -2.27. The van der Waals surface area contributed by atoms with Crippen molar-refractivity contribution in [2.45, 2.75) is 6.92 Å². The van der Waals surface area contributed by atoms with Crippen LogP contribution in [0.2, 0.25) is 0 Å². The molecule has 1 N–H and O–H groups in total. The van der Waals surface area contributed by atoms with Crippen molar-refractivity contribution in [3.05, 3.63) is 28.7 Å². The maximum absolute atomic E-state index is 11.6. The topological polar surface area (TPSA) is 70.0 Å². The van der Waals surface area contributed by atoms with E-state index in [1.807, 2.05) is 0 Å². The van der Waals surface area contributed by atoms with Crippen molar-refractivity contribution in [2.24, 2.45) is 5.92 Å². The average Bonchev–Trinajstić information content (AvgIpc) is 2.22. The maximum Gasteiger partial charge on any atom is 0.249 e. The minimum Gasteiger partial charge on any atom is -0.324 e. The molecule has 5 heteroatoms. The lowest BCUT2D eigenvalue weighted by atomic mass is 10.1. The first-order valence-corrected chi connectivity index (χ1v) is 5.31. The predicted molar refractivity (Wildman–Crippen MR) is 62.6 cm³/mol. The summed E-state index contributed by atoms with van der Waals surface area (Å²) in [4.78, 5) is 22.6. The van der Waals surface area contributed by atoms with Gasteiger partial charge in [0.05, 0.1) is 11.8 Å². The Labute approximate surface area is 101 Å². The number of anilines is 1. The van der Waals surface area contributed by atoms with E-state index < -0.39 is 17.6 Å². The summed E-state index contributed by atoms with van der Waals surface area (Å²) < 4.78 is 0.698. The molecule has 0 radical (unpaired) electrons. The molecular weight excluding hydrogens is 272 g/mol. The van der Waals surface area contributed by atoms with Gasteiger partial charge in [-0.25, -0.2) is 0 Å². The molecule has 1 unspecified atom stereocenters. The van der Waals surface area contributed by atoms with Crippen LogP contribution in [-0.4, -0.2) is 11.7 Å². The van der Waals surface area contributed by atoms with Gasteiger partial charge in [-0.05, 0) is 35.0 Å². The lowest BCUT2D eigenvalue weighted by molar-refractivity contribution is -0.127. The van der Waals surface area contributed by atoms with E-state index in [9.17, 15) is 9.59 Å². The van der Waals surface area contributed by atoms with E-state index in [0.29, 0.717) is 10.2 Å². The van der Waals surface area contributed by atoms with Crippen LogP contribution in [0, 0.1) is 17.2 Å². The molecular formula is C11H9BrN2O2. The highest BCUT2D eigenvalue weighted by Crippen LogP contribution is 2.21. The van der Waals surface area contributed by atoms with Gasteiger partial charge >= 0.3 is 0 Å². The number of benzene rings is 1. The molecule has 0 spiro atoms. The van der Waals surface area contributed by atoms with Gasteiger partial charge in [0.25, 0.3) is 0 Å². The summed E-state index contributed by atoms with van der Waals surface area (Å²) in [5, 5.41) is 11.2. The molecule has 1 rings (SSSR count). The van der Waals surface area contributed by atoms with E-state index in [1.54, 1.807) is 30.3 Å². The highest BCUT2D eigenvalue weighted by Gasteiger charge is 2.23. The first-order chi connectivity index (χ1) is 7.56. The number of para-hydroxylation sites is 1. The van der Waals surface area contributed by atoms with Crippen LogP contribution >= 0.6 is 15.9 Å². The van der Waals surface area contributed by atoms with Crippen LogP contribution < -0.4 is 5.32 Å². The number of carbonyl (C=O) groups is 2. The number of rotatable bonds is 3. The normalized spacial score (nSPS) is 11.3. The Morgan fingerprint density at radius 1 is 1.44 bits per heavy atom. The van der Waals surface area contributed by atoms with Crippen molar-refractivity contribution < 1.29 is 9.59 Å². The van der Waals surface area contributed by atoms with Gasteiger partial charge in [0.1, 0.15) is 0 Å². The van der Waals surface area contributed by atoms with Crippen molar-refractivity contribution >= 4 is 33.3 Å². The van der Waals surface area contributed by atoms with Gasteiger partial charge in [0.2, 0.25) is 5.91 Å². The SMILES string of the molecule is CC(=O)C(C#N)C(=O)Nc1ccccc1Br.